The van der Waals surface area contributed by atoms with Crippen LogP contribution in [0.5, 0.6) is 0 Å². The Bertz CT molecular complexity index is 399. The number of halogens is 1. The molecule has 0 spiro atoms. The van der Waals surface area contributed by atoms with E-state index in [1.165, 1.54) is 12.1 Å². The molecule has 1 N–H and O–H groups in total. The number of amides is 1. The zero-order chi connectivity index (χ0) is 13.5. The molecule has 0 aliphatic carbocycles. The minimum atomic E-state index is -0.212. The van der Waals surface area contributed by atoms with Gasteiger partial charge in [-0.25, -0.2) is 4.39 Å². The van der Waals surface area contributed by atoms with E-state index in [2.05, 4.69) is 5.32 Å². The third kappa shape index (κ3) is 4.63. The maximum Gasteiger partial charge on any atom is 0.223 e. The molecule has 0 unspecified atom stereocenters. The first-order valence-electron chi connectivity index (χ1n) is 6.85. The van der Waals surface area contributed by atoms with Gasteiger partial charge >= 0.3 is 0 Å². The normalized spacial score (nSPS) is 16.3. The summed E-state index contributed by atoms with van der Waals surface area (Å²) < 4.78 is 18.0. The van der Waals surface area contributed by atoms with Crippen molar-refractivity contribution < 1.29 is 13.9 Å². The van der Waals surface area contributed by atoms with Gasteiger partial charge in [0.1, 0.15) is 5.82 Å². The van der Waals surface area contributed by atoms with E-state index < -0.39 is 0 Å². The Morgan fingerprint density at radius 2 is 1.95 bits per heavy atom. The van der Waals surface area contributed by atoms with Gasteiger partial charge in [0.25, 0.3) is 0 Å². The summed E-state index contributed by atoms with van der Waals surface area (Å²) in [6.45, 7) is 2.05. The van der Waals surface area contributed by atoms with Gasteiger partial charge < -0.3 is 10.1 Å². The second-order valence-electron chi connectivity index (χ2n) is 4.91. The van der Waals surface area contributed by atoms with E-state index in [-0.39, 0.29) is 17.6 Å². The topological polar surface area (TPSA) is 38.3 Å². The van der Waals surface area contributed by atoms with Crippen LogP contribution in [0.3, 0.4) is 0 Å². The molecule has 3 nitrogen and oxygen atoms in total. The van der Waals surface area contributed by atoms with Crippen molar-refractivity contribution in [3.8, 4) is 0 Å². The molecule has 1 saturated heterocycles. The number of carbonyl (C=O) groups excluding carboxylic acids is 1. The Labute approximate surface area is 113 Å². The Hall–Kier alpha value is -1.42. The van der Waals surface area contributed by atoms with Crippen molar-refractivity contribution in [2.45, 2.75) is 25.7 Å². The number of rotatable bonds is 5. The van der Waals surface area contributed by atoms with Crippen LogP contribution in [-0.4, -0.2) is 25.7 Å². The molecule has 1 aliphatic rings. The van der Waals surface area contributed by atoms with Crippen molar-refractivity contribution in [2.24, 2.45) is 5.92 Å². The predicted octanol–water partition coefficient (Wildman–Crippen LogP) is 2.30. The van der Waals surface area contributed by atoms with E-state index in [1.807, 2.05) is 0 Å². The van der Waals surface area contributed by atoms with Crippen LogP contribution in [-0.2, 0) is 16.0 Å². The molecule has 1 heterocycles. The standard InChI is InChI=1S/C15H20FNO2/c16-14-5-3-12(4-6-14)2-1-9-17-15(18)13-7-10-19-11-8-13/h3-6,13H,1-2,7-11H2,(H,17,18). The van der Waals surface area contributed by atoms with Crippen LogP contribution in [0.1, 0.15) is 24.8 Å². The maximum atomic E-state index is 12.7. The summed E-state index contributed by atoms with van der Waals surface area (Å²) >= 11 is 0. The highest BCUT2D eigenvalue weighted by atomic mass is 19.1. The Balaban J connectivity index is 1.63. The van der Waals surface area contributed by atoms with Crippen LogP contribution in [0.15, 0.2) is 24.3 Å². The summed E-state index contributed by atoms with van der Waals surface area (Å²) in [5.41, 5.74) is 1.10. The lowest BCUT2D eigenvalue weighted by molar-refractivity contribution is -0.127. The van der Waals surface area contributed by atoms with Crippen LogP contribution in [0.4, 0.5) is 4.39 Å². The molecule has 0 radical (unpaired) electrons. The highest BCUT2D eigenvalue weighted by Gasteiger charge is 2.20. The molecular formula is C15H20FNO2. The minimum Gasteiger partial charge on any atom is -0.381 e. The zero-order valence-corrected chi connectivity index (χ0v) is 11.0. The Morgan fingerprint density at radius 1 is 1.26 bits per heavy atom. The average Bonchev–Trinajstić information content (AvgIpc) is 2.46. The van der Waals surface area contributed by atoms with E-state index in [0.29, 0.717) is 19.8 Å². The van der Waals surface area contributed by atoms with Crippen LogP contribution in [0.2, 0.25) is 0 Å². The van der Waals surface area contributed by atoms with Crippen molar-refractivity contribution >= 4 is 5.91 Å². The summed E-state index contributed by atoms with van der Waals surface area (Å²) in [4.78, 5) is 11.8. The molecular weight excluding hydrogens is 245 g/mol. The van der Waals surface area contributed by atoms with Crippen molar-refractivity contribution in [2.75, 3.05) is 19.8 Å². The zero-order valence-electron chi connectivity index (χ0n) is 11.0. The largest absolute Gasteiger partial charge is 0.381 e. The van der Waals surface area contributed by atoms with Crippen LogP contribution in [0.25, 0.3) is 0 Å². The third-order valence-electron chi connectivity index (χ3n) is 3.45. The summed E-state index contributed by atoms with van der Waals surface area (Å²) in [5, 5.41) is 2.97. The van der Waals surface area contributed by atoms with Gasteiger partial charge in [0, 0.05) is 25.7 Å². The first-order valence-corrected chi connectivity index (χ1v) is 6.85. The smallest absolute Gasteiger partial charge is 0.223 e. The van der Waals surface area contributed by atoms with Crippen molar-refractivity contribution in [1.82, 2.24) is 5.32 Å². The Kier molecular flexibility index (Phi) is 5.33. The highest BCUT2D eigenvalue weighted by Crippen LogP contribution is 2.14. The van der Waals surface area contributed by atoms with Crippen LogP contribution in [0, 0.1) is 11.7 Å². The number of carbonyl (C=O) groups is 1. The summed E-state index contributed by atoms with van der Waals surface area (Å²) in [6.07, 6.45) is 3.38. The fourth-order valence-corrected chi connectivity index (χ4v) is 2.26. The van der Waals surface area contributed by atoms with Crippen molar-refractivity contribution in [3.63, 3.8) is 0 Å². The molecule has 0 saturated carbocycles. The third-order valence-corrected chi connectivity index (χ3v) is 3.45. The van der Waals surface area contributed by atoms with E-state index in [9.17, 15) is 9.18 Å². The molecule has 0 aromatic heterocycles. The van der Waals surface area contributed by atoms with Gasteiger partial charge in [-0.1, -0.05) is 12.1 Å². The van der Waals surface area contributed by atoms with E-state index >= 15 is 0 Å². The average molecular weight is 265 g/mol. The van der Waals surface area contributed by atoms with Crippen molar-refractivity contribution in [1.29, 1.82) is 0 Å². The minimum absolute atomic E-state index is 0.111. The molecule has 2 rings (SSSR count). The molecule has 104 valence electrons. The van der Waals surface area contributed by atoms with Gasteiger partial charge in [0.2, 0.25) is 5.91 Å². The van der Waals surface area contributed by atoms with E-state index in [0.717, 1.165) is 31.2 Å². The molecule has 1 fully saturated rings. The number of hydrogen-bond acceptors (Lipinski definition) is 2. The molecule has 19 heavy (non-hydrogen) atoms. The van der Waals surface area contributed by atoms with Gasteiger partial charge in [0.15, 0.2) is 0 Å². The first-order chi connectivity index (χ1) is 9.25. The predicted molar refractivity (Wildman–Crippen MR) is 71.3 cm³/mol. The van der Waals surface area contributed by atoms with Gasteiger partial charge in [-0.2, -0.15) is 0 Å². The molecule has 1 aliphatic heterocycles. The highest BCUT2D eigenvalue weighted by molar-refractivity contribution is 5.78. The van der Waals surface area contributed by atoms with Gasteiger partial charge in [-0.15, -0.1) is 0 Å². The summed E-state index contributed by atoms with van der Waals surface area (Å²) in [5.74, 6) is 0.0403. The lowest BCUT2D eigenvalue weighted by atomic mass is 9.99. The molecule has 1 aromatic carbocycles. The fourth-order valence-electron chi connectivity index (χ4n) is 2.26. The first kappa shape index (κ1) is 14.0. The fraction of sp³-hybridized carbons (Fsp3) is 0.533. The van der Waals surface area contributed by atoms with Gasteiger partial charge in [-0.3, -0.25) is 4.79 Å². The molecule has 4 heteroatoms. The van der Waals surface area contributed by atoms with Gasteiger partial charge in [0.05, 0.1) is 0 Å². The number of hydrogen-bond donors (Lipinski definition) is 1. The van der Waals surface area contributed by atoms with Crippen molar-refractivity contribution in [3.05, 3.63) is 35.6 Å². The number of ether oxygens (including phenoxy) is 1. The SMILES string of the molecule is O=C(NCCCc1ccc(F)cc1)C1CCOCC1. The second-order valence-corrected chi connectivity index (χ2v) is 4.91. The summed E-state index contributed by atoms with van der Waals surface area (Å²) in [6, 6.07) is 6.51. The monoisotopic (exact) mass is 265 g/mol. The quantitative estimate of drug-likeness (QED) is 0.830. The van der Waals surface area contributed by atoms with E-state index in [4.69, 9.17) is 4.74 Å². The summed E-state index contributed by atoms with van der Waals surface area (Å²) in [7, 11) is 0. The lowest BCUT2D eigenvalue weighted by Crippen LogP contribution is -2.34. The maximum absolute atomic E-state index is 12.7. The second kappa shape index (κ2) is 7.24. The molecule has 0 atom stereocenters. The molecule has 1 amide bonds. The molecule has 0 bridgehead atoms. The lowest BCUT2D eigenvalue weighted by Gasteiger charge is -2.21. The van der Waals surface area contributed by atoms with Crippen LogP contribution >= 0.6 is 0 Å². The number of benzene rings is 1. The van der Waals surface area contributed by atoms with Crippen LogP contribution < -0.4 is 5.32 Å². The molecule has 1 aromatic rings. The van der Waals surface area contributed by atoms with E-state index in [1.54, 1.807) is 12.1 Å². The number of nitrogens with one attached hydrogen (secondary N) is 1. The Morgan fingerprint density at radius 3 is 2.63 bits per heavy atom. The van der Waals surface area contributed by atoms with Gasteiger partial charge in [-0.05, 0) is 43.4 Å². The number of aryl methyl sites for hydroxylation is 1.